The van der Waals surface area contributed by atoms with Gasteiger partial charge in [0.2, 0.25) is 3.79 Å². The molecule has 0 saturated heterocycles. The van der Waals surface area contributed by atoms with E-state index in [0.717, 1.165) is 11.3 Å². The molecule has 0 fully saturated rings. The predicted octanol–water partition coefficient (Wildman–Crippen LogP) is 6.49. The highest BCUT2D eigenvalue weighted by Crippen LogP contribution is 2.40. The third-order valence-corrected chi connectivity index (χ3v) is 5.34. The molecule has 2 amide bonds. The minimum atomic E-state index is -1.88. The van der Waals surface area contributed by atoms with E-state index in [1.54, 1.807) is 19.1 Å². The van der Waals surface area contributed by atoms with Crippen molar-refractivity contribution in [2.24, 2.45) is 0 Å². The monoisotopic (exact) mass is 457 g/mol. The Hall–Kier alpha value is -1.86. The Morgan fingerprint density at radius 2 is 1.89 bits per heavy atom. The number of hydrogen-bond donors (Lipinski definition) is 2. The van der Waals surface area contributed by atoms with Crippen molar-refractivity contribution in [3.8, 4) is 11.3 Å². The number of aryl methyl sites for hydroxylation is 1. The number of amides is 2. The Labute approximate surface area is 180 Å². The first-order valence-electron chi connectivity index (χ1n) is 8.15. The number of benzene rings is 2. The molecule has 28 heavy (non-hydrogen) atoms. The van der Waals surface area contributed by atoms with Gasteiger partial charge in [0.1, 0.15) is 11.9 Å². The number of anilines is 1. The summed E-state index contributed by atoms with van der Waals surface area (Å²) in [5.41, 5.74) is 2.45. The molecule has 0 saturated carbocycles. The number of aromatic nitrogens is 1. The van der Waals surface area contributed by atoms with Gasteiger partial charge >= 0.3 is 6.03 Å². The highest BCUT2D eigenvalue weighted by atomic mass is 35.6. The molecule has 1 atom stereocenters. The Kier molecular flexibility index (Phi) is 6.45. The van der Waals surface area contributed by atoms with Gasteiger partial charge in [-0.3, -0.25) is 5.32 Å². The van der Waals surface area contributed by atoms with Gasteiger partial charge in [-0.15, -0.1) is 11.3 Å². The lowest BCUT2D eigenvalue weighted by Gasteiger charge is -2.26. The van der Waals surface area contributed by atoms with E-state index >= 15 is 0 Å². The maximum atomic E-state index is 13.9. The molecule has 0 aliphatic carbocycles. The summed E-state index contributed by atoms with van der Waals surface area (Å²) in [6.07, 6.45) is 0. The highest BCUT2D eigenvalue weighted by Gasteiger charge is 2.35. The van der Waals surface area contributed by atoms with Crippen LogP contribution in [0.1, 0.15) is 17.2 Å². The molecule has 146 valence electrons. The van der Waals surface area contributed by atoms with Gasteiger partial charge in [0.15, 0.2) is 5.13 Å². The van der Waals surface area contributed by atoms with Crippen LogP contribution >= 0.6 is 46.1 Å². The molecule has 0 aliphatic heterocycles. The highest BCUT2D eigenvalue weighted by molar-refractivity contribution is 7.14. The van der Waals surface area contributed by atoms with Gasteiger partial charge in [-0.2, -0.15) is 0 Å². The number of nitrogens with zero attached hydrogens (tertiary/aromatic N) is 1. The lowest BCUT2D eigenvalue weighted by molar-refractivity contribution is 0.248. The van der Waals surface area contributed by atoms with E-state index in [1.807, 2.05) is 35.7 Å². The van der Waals surface area contributed by atoms with Crippen LogP contribution in [0.15, 0.2) is 53.9 Å². The minimum Gasteiger partial charge on any atom is -0.327 e. The molecule has 0 aliphatic rings. The summed E-state index contributed by atoms with van der Waals surface area (Å²) in [6, 6.07) is 12.3. The van der Waals surface area contributed by atoms with Crippen molar-refractivity contribution < 1.29 is 9.18 Å². The van der Waals surface area contributed by atoms with Crippen LogP contribution in [-0.2, 0) is 0 Å². The molecular weight excluding hydrogens is 444 g/mol. The number of rotatable bonds is 4. The number of carbonyl (C=O) groups is 1. The molecule has 0 radical (unpaired) electrons. The fraction of sp³-hybridized carbons (Fsp3) is 0.158. The summed E-state index contributed by atoms with van der Waals surface area (Å²) in [5.74, 6) is -0.452. The number of carbonyl (C=O) groups excluding carboxylic acids is 1. The fourth-order valence-corrected chi connectivity index (χ4v) is 3.74. The first-order valence-corrected chi connectivity index (χ1v) is 10.2. The molecule has 2 N–H and O–H groups in total. The number of alkyl halides is 3. The summed E-state index contributed by atoms with van der Waals surface area (Å²) in [6.45, 7) is 1.62. The van der Waals surface area contributed by atoms with E-state index in [-0.39, 0.29) is 0 Å². The van der Waals surface area contributed by atoms with Crippen molar-refractivity contribution in [2.75, 3.05) is 5.32 Å². The van der Waals surface area contributed by atoms with Crippen LogP contribution in [0.2, 0.25) is 0 Å². The molecule has 9 heteroatoms. The number of halogens is 4. The van der Waals surface area contributed by atoms with Crippen LogP contribution in [-0.4, -0.2) is 14.8 Å². The van der Waals surface area contributed by atoms with Crippen LogP contribution < -0.4 is 10.6 Å². The zero-order valence-electron chi connectivity index (χ0n) is 14.5. The molecule has 0 bridgehead atoms. The summed E-state index contributed by atoms with van der Waals surface area (Å²) in [5, 5.41) is 7.40. The number of thiazole rings is 1. The number of hydrogen-bond acceptors (Lipinski definition) is 3. The smallest absolute Gasteiger partial charge is 0.321 e. The van der Waals surface area contributed by atoms with Crippen molar-refractivity contribution in [2.45, 2.75) is 16.8 Å². The first-order chi connectivity index (χ1) is 13.2. The first kappa shape index (κ1) is 20.9. The van der Waals surface area contributed by atoms with E-state index < -0.39 is 21.7 Å². The second kappa shape index (κ2) is 8.66. The van der Waals surface area contributed by atoms with Gasteiger partial charge in [0.05, 0.1) is 5.69 Å². The van der Waals surface area contributed by atoms with Gasteiger partial charge in [0.25, 0.3) is 0 Å². The molecular formula is C19H15Cl3FN3OS. The zero-order valence-corrected chi connectivity index (χ0v) is 17.6. The summed E-state index contributed by atoms with van der Waals surface area (Å²) >= 11 is 19.3. The second-order valence-electron chi connectivity index (χ2n) is 5.99. The second-order valence-corrected chi connectivity index (χ2v) is 9.21. The van der Waals surface area contributed by atoms with Gasteiger partial charge < -0.3 is 5.32 Å². The third kappa shape index (κ3) is 5.14. The standard InChI is InChI=1S/C19H15Cl3FN3OS/c1-11-7-8-13(9-14(11)23)16(19(20,21)22)25-17(27)26-18-24-15(10-28-18)12-5-3-2-4-6-12/h2-10,16H,1H3,(H2,24,25,26,27)/t16-/m1/s1. The average Bonchev–Trinajstić information content (AvgIpc) is 3.10. The van der Waals surface area contributed by atoms with Crippen molar-refractivity contribution in [1.82, 2.24) is 10.3 Å². The summed E-state index contributed by atoms with van der Waals surface area (Å²) in [4.78, 5) is 16.8. The maximum Gasteiger partial charge on any atom is 0.321 e. The molecule has 4 nitrogen and oxygen atoms in total. The van der Waals surface area contributed by atoms with Crippen molar-refractivity contribution in [3.63, 3.8) is 0 Å². The van der Waals surface area contributed by atoms with E-state index in [4.69, 9.17) is 34.8 Å². The number of urea groups is 1. The lowest BCUT2D eigenvalue weighted by atomic mass is 10.1. The SMILES string of the molecule is Cc1ccc([C@@H](NC(=O)Nc2nc(-c3ccccc3)cs2)C(Cl)(Cl)Cl)cc1F. The number of nitrogens with one attached hydrogen (secondary N) is 2. The minimum absolute atomic E-state index is 0.336. The topological polar surface area (TPSA) is 54.0 Å². The molecule has 3 rings (SSSR count). The quantitative estimate of drug-likeness (QED) is 0.439. The van der Waals surface area contributed by atoms with Crippen LogP contribution in [0.5, 0.6) is 0 Å². The van der Waals surface area contributed by atoms with Gasteiger partial charge in [0, 0.05) is 10.9 Å². The Morgan fingerprint density at radius 3 is 2.54 bits per heavy atom. The van der Waals surface area contributed by atoms with Crippen molar-refractivity contribution >= 4 is 57.3 Å². The fourth-order valence-electron chi connectivity index (χ4n) is 2.48. The van der Waals surface area contributed by atoms with Gasteiger partial charge in [-0.1, -0.05) is 77.3 Å². The van der Waals surface area contributed by atoms with Crippen molar-refractivity contribution in [3.05, 3.63) is 70.9 Å². The van der Waals surface area contributed by atoms with Crippen LogP contribution in [0.25, 0.3) is 11.3 Å². The molecule has 2 aromatic carbocycles. The van der Waals surface area contributed by atoms with E-state index in [9.17, 15) is 9.18 Å². The largest absolute Gasteiger partial charge is 0.327 e. The van der Waals surface area contributed by atoms with E-state index in [0.29, 0.717) is 16.3 Å². The molecule has 1 heterocycles. The van der Waals surface area contributed by atoms with Crippen LogP contribution in [0, 0.1) is 12.7 Å². The Bertz CT molecular complexity index is 976. The third-order valence-electron chi connectivity index (χ3n) is 3.93. The lowest BCUT2D eigenvalue weighted by Crippen LogP contribution is -2.39. The van der Waals surface area contributed by atoms with E-state index in [1.165, 1.54) is 17.4 Å². The van der Waals surface area contributed by atoms with Gasteiger partial charge in [-0.05, 0) is 24.1 Å². The molecule has 0 unspecified atom stereocenters. The molecule has 0 spiro atoms. The van der Waals surface area contributed by atoms with Gasteiger partial charge in [-0.25, -0.2) is 14.2 Å². The molecule has 3 aromatic rings. The zero-order chi connectivity index (χ0) is 20.3. The predicted molar refractivity (Wildman–Crippen MR) is 114 cm³/mol. The van der Waals surface area contributed by atoms with Crippen LogP contribution in [0.3, 0.4) is 0 Å². The molecule has 1 aromatic heterocycles. The summed E-state index contributed by atoms with van der Waals surface area (Å²) < 4.78 is 12.0. The van der Waals surface area contributed by atoms with Crippen molar-refractivity contribution in [1.29, 1.82) is 0 Å². The van der Waals surface area contributed by atoms with Crippen LogP contribution in [0.4, 0.5) is 14.3 Å². The normalized spacial score (nSPS) is 12.5. The Balaban J connectivity index is 1.74. The Morgan fingerprint density at radius 1 is 1.18 bits per heavy atom. The maximum absolute atomic E-state index is 13.9. The average molecular weight is 459 g/mol. The summed E-state index contributed by atoms with van der Waals surface area (Å²) in [7, 11) is 0. The van der Waals surface area contributed by atoms with E-state index in [2.05, 4.69) is 15.6 Å².